The van der Waals surface area contributed by atoms with Crippen LogP contribution >= 0.6 is 0 Å². The molecular formula is C19H21NO5S. The summed E-state index contributed by atoms with van der Waals surface area (Å²) in [5.74, 6) is -1.65. The highest BCUT2D eigenvalue weighted by Crippen LogP contribution is 2.19. The predicted molar refractivity (Wildman–Crippen MR) is 98.0 cm³/mol. The molecule has 2 aromatic carbocycles. The number of sulfone groups is 1. The predicted octanol–water partition coefficient (Wildman–Crippen LogP) is 2.17. The number of hydrogen-bond donors (Lipinski definition) is 1. The summed E-state index contributed by atoms with van der Waals surface area (Å²) in [7, 11) is -2.06. The lowest BCUT2D eigenvalue weighted by molar-refractivity contribution is -0.141. The van der Waals surface area contributed by atoms with Gasteiger partial charge in [-0.25, -0.2) is 13.2 Å². The van der Waals surface area contributed by atoms with Crippen LogP contribution in [0.1, 0.15) is 21.5 Å². The molecule has 0 bridgehead atoms. The highest BCUT2D eigenvalue weighted by molar-refractivity contribution is 7.90. The molecule has 1 N–H and O–H groups in total. The molecule has 1 atom stereocenters. The molecule has 0 heterocycles. The van der Waals surface area contributed by atoms with Gasteiger partial charge in [-0.1, -0.05) is 36.4 Å². The number of carbonyl (C=O) groups excluding carboxylic acids is 1. The molecule has 0 saturated heterocycles. The lowest BCUT2D eigenvalue weighted by Gasteiger charge is -2.26. The molecule has 0 fully saturated rings. The third-order valence-electron chi connectivity index (χ3n) is 4.21. The molecule has 1 amide bonds. The van der Waals surface area contributed by atoms with Crippen LogP contribution in [0.25, 0.3) is 0 Å². The zero-order valence-corrected chi connectivity index (χ0v) is 15.7. The number of carbonyl (C=O) groups is 2. The highest BCUT2D eigenvalue weighted by atomic mass is 32.2. The second kappa shape index (κ2) is 7.70. The number of amides is 1. The first-order valence-corrected chi connectivity index (χ1v) is 9.85. The average molecular weight is 375 g/mol. The van der Waals surface area contributed by atoms with Crippen LogP contribution in [0, 0.1) is 6.92 Å². The van der Waals surface area contributed by atoms with Gasteiger partial charge in [-0.15, -0.1) is 0 Å². The Morgan fingerprint density at radius 2 is 1.73 bits per heavy atom. The lowest BCUT2D eigenvalue weighted by Crippen LogP contribution is -2.44. The number of hydrogen-bond acceptors (Lipinski definition) is 4. The van der Waals surface area contributed by atoms with E-state index in [1.165, 1.54) is 19.2 Å². The summed E-state index contributed by atoms with van der Waals surface area (Å²) >= 11 is 0. The Morgan fingerprint density at radius 3 is 2.27 bits per heavy atom. The van der Waals surface area contributed by atoms with Crippen molar-refractivity contribution in [1.29, 1.82) is 0 Å². The van der Waals surface area contributed by atoms with Gasteiger partial charge in [-0.05, 0) is 30.2 Å². The zero-order valence-electron chi connectivity index (χ0n) is 14.8. The Morgan fingerprint density at radius 1 is 1.12 bits per heavy atom. The quantitative estimate of drug-likeness (QED) is 0.835. The fraction of sp³-hybridized carbons (Fsp3) is 0.263. The first-order chi connectivity index (χ1) is 12.1. The minimum Gasteiger partial charge on any atom is -0.480 e. The maximum absolute atomic E-state index is 12.8. The molecule has 2 aromatic rings. The van der Waals surface area contributed by atoms with Crippen LogP contribution in [0.5, 0.6) is 0 Å². The van der Waals surface area contributed by atoms with E-state index in [-0.39, 0.29) is 16.9 Å². The van der Waals surface area contributed by atoms with E-state index in [1.807, 2.05) is 6.07 Å². The first-order valence-electron chi connectivity index (χ1n) is 7.96. The van der Waals surface area contributed by atoms with E-state index in [0.717, 1.165) is 16.7 Å². The monoisotopic (exact) mass is 375 g/mol. The van der Waals surface area contributed by atoms with Crippen LogP contribution in [0.2, 0.25) is 0 Å². The van der Waals surface area contributed by atoms with Gasteiger partial charge in [-0.2, -0.15) is 0 Å². The number of nitrogens with zero attached hydrogens (tertiary/aromatic N) is 1. The highest BCUT2D eigenvalue weighted by Gasteiger charge is 2.28. The van der Waals surface area contributed by atoms with Crippen molar-refractivity contribution in [3.63, 3.8) is 0 Å². The molecule has 6 nitrogen and oxygen atoms in total. The van der Waals surface area contributed by atoms with Crippen molar-refractivity contribution in [3.8, 4) is 0 Å². The molecule has 26 heavy (non-hydrogen) atoms. The Hall–Kier alpha value is -2.67. The van der Waals surface area contributed by atoms with Crippen LogP contribution in [-0.4, -0.2) is 49.6 Å². The smallest absolute Gasteiger partial charge is 0.326 e. The second-order valence-electron chi connectivity index (χ2n) is 6.21. The Bertz CT molecular complexity index is 922. The fourth-order valence-electron chi connectivity index (χ4n) is 2.62. The normalized spacial score (nSPS) is 12.4. The van der Waals surface area contributed by atoms with Crippen molar-refractivity contribution in [2.24, 2.45) is 0 Å². The minimum absolute atomic E-state index is 0.0229. The second-order valence-corrected chi connectivity index (χ2v) is 8.22. The Labute approximate surface area is 153 Å². The summed E-state index contributed by atoms with van der Waals surface area (Å²) in [6, 6.07) is 12.2. The van der Waals surface area contributed by atoms with Crippen molar-refractivity contribution < 1.29 is 23.1 Å². The van der Waals surface area contributed by atoms with Crippen LogP contribution in [0.4, 0.5) is 0 Å². The van der Waals surface area contributed by atoms with Gasteiger partial charge in [0.15, 0.2) is 9.84 Å². The standard InChI is InChI=1S/C19H21NO5S/c1-13-9-10-15(26(3,24)25)12-16(13)18(21)20(2)17(19(22)23)11-14-7-5-4-6-8-14/h4-10,12,17H,11H2,1-3H3,(H,22,23). The molecule has 0 saturated carbocycles. The van der Waals surface area contributed by atoms with Crippen molar-refractivity contribution in [2.45, 2.75) is 24.3 Å². The number of carboxylic acid groups (broad SMARTS) is 1. The van der Waals surface area contributed by atoms with E-state index in [2.05, 4.69) is 0 Å². The molecule has 0 aliphatic rings. The van der Waals surface area contributed by atoms with Crippen molar-refractivity contribution in [3.05, 3.63) is 65.2 Å². The maximum Gasteiger partial charge on any atom is 0.326 e. The van der Waals surface area contributed by atoms with E-state index in [4.69, 9.17) is 0 Å². The molecule has 0 aromatic heterocycles. The SMILES string of the molecule is Cc1ccc(S(C)(=O)=O)cc1C(=O)N(C)C(Cc1ccccc1)C(=O)O. The lowest BCUT2D eigenvalue weighted by atomic mass is 10.0. The molecule has 138 valence electrons. The Balaban J connectivity index is 2.36. The number of rotatable bonds is 6. The number of carboxylic acids is 1. The third-order valence-corrected chi connectivity index (χ3v) is 5.32. The van der Waals surface area contributed by atoms with Gasteiger partial charge in [0.1, 0.15) is 6.04 Å². The number of aliphatic carboxylic acids is 1. The van der Waals surface area contributed by atoms with Crippen LogP contribution in [-0.2, 0) is 21.1 Å². The van der Waals surface area contributed by atoms with Gasteiger partial charge in [-0.3, -0.25) is 4.79 Å². The molecule has 7 heteroatoms. The minimum atomic E-state index is -3.47. The van der Waals surface area contributed by atoms with Gasteiger partial charge in [0.25, 0.3) is 5.91 Å². The summed E-state index contributed by atoms with van der Waals surface area (Å²) in [4.78, 5) is 25.7. The van der Waals surface area contributed by atoms with Crippen LogP contribution in [0.3, 0.4) is 0 Å². The van der Waals surface area contributed by atoms with E-state index in [9.17, 15) is 23.1 Å². The van der Waals surface area contributed by atoms with Gasteiger partial charge in [0.2, 0.25) is 0 Å². The number of likely N-dealkylation sites (N-methyl/N-ethyl adjacent to an activating group) is 1. The van der Waals surface area contributed by atoms with Crippen LogP contribution < -0.4 is 0 Å². The first kappa shape index (κ1) is 19.7. The Kier molecular flexibility index (Phi) is 5.82. The zero-order chi connectivity index (χ0) is 19.5. The summed E-state index contributed by atoms with van der Waals surface area (Å²) in [6.45, 7) is 1.68. The average Bonchev–Trinajstić information content (AvgIpc) is 2.58. The molecule has 1 unspecified atom stereocenters. The summed E-state index contributed by atoms with van der Waals surface area (Å²) in [5, 5.41) is 9.56. The van der Waals surface area contributed by atoms with E-state index in [0.29, 0.717) is 5.56 Å². The van der Waals surface area contributed by atoms with E-state index < -0.39 is 27.8 Å². The molecule has 0 aliphatic heterocycles. The third kappa shape index (κ3) is 4.49. The van der Waals surface area contributed by atoms with Crippen molar-refractivity contribution in [2.75, 3.05) is 13.3 Å². The number of aryl methyl sites for hydroxylation is 1. The molecule has 0 aliphatic carbocycles. The van der Waals surface area contributed by atoms with Gasteiger partial charge in [0, 0.05) is 25.3 Å². The van der Waals surface area contributed by atoms with Gasteiger partial charge >= 0.3 is 5.97 Å². The largest absolute Gasteiger partial charge is 0.480 e. The maximum atomic E-state index is 12.8. The number of benzene rings is 2. The topological polar surface area (TPSA) is 91.8 Å². The molecule has 0 spiro atoms. The van der Waals surface area contributed by atoms with Gasteiger partial charge in [0.05, 0.1) is 4.90 Å². The molecular weight excluding hydrogens is 354 g/mol. The summed E-state index contributed by atoms with van der Waals surface area (Å²) < 4.78 is 23.5. The van der Waals surface area contributed by atoms with E-state index in [1.54, 1.807) is 37.3 Å². The van der Waals surface area contributed by atoms with E-state index >= 15 is 0 Å². The van der Waals surface area contributed by atoms with Crippen molar-refractivity contribution in [1.82, 2.24) is 4.90 Å². The molecule has 0 radical (unpaired) electrons. The summed E-state index contributed by atoms with van der Waals surface area (Å²) in [6.07, 6.45) is 1.22. The fourth-order valence-corrected chi connectivity index (χ4v) is 3.27. The summed E-state index contributed by atoms with van der Waals surface area (Å²) in [5.41, 5.74) is 1.55. The van der Waals surface area contributed by atoms with Crippen molar-refractivity contribution >= 4 is 21.7 Å². The van der Waals surface area contributed by atoms with Crippen LogP contribution in [0.15, 0.2) is 53.4 Å². The van der Waals surface area contributed by atoms with Gasteiger partial charge < -0.3 is 10.0 Å². The molecule has 2 rings (SSSR count).